The molecule has 0 spiro atoms. The van der Waals surface area contributed by atoms with Crippen molar-refractivity contribution in [2.75, 3.05) is 18.5 Å². The van der Waals surface area contributed by atoms with E-state index in [-0.39, 0.29) is 11.8 Å². The number of likely N-dealkylation sites (tertiary alicyclic amines) is 1. The molecule has 2 aliphatic rings. The highest BCUT2D eigenvalue weighted by molar-refractivity contribution is 6.07. The van der Waals surface area contributed by atoms with E-state index in [2.05, 4.69) is 5.32 Å². The first-order valence-electron chi connectivity index (χ1n) is 8.45. The van der Waals surface area contributed by atoms with Gasteiger partial charge in [0.25, 0.3) is 5.91 Å². The Hall–Kier alpha value is -3.47. The normalized spacial score (nSPS) is 20.8. The third kappa shape index (κ3) is 4.03. The van der Waals surface area contributed by atoms with E-state index in [9.17, 15) is 19.2 Å². The van der Waals surface area contributed by atoms with Crippen LogP contribution in [0.2, 0.25) is 0 Å². The van der Waals surface area contributed by atoms with Gasteiger partial charge < -0.3 is 10.1 Å². The molecule has 0 unspecified atom stereocenters. The third-order valence-electron chi connectivity index (χ3n) is 4.55. The van der Waals surface area contributed by atoms with Gasteiger partial charge in [0.1, 0.15) is 6.54 Å². The molecular weight excluding hydrogens is 350 g/mol. The number of benzene rings is 1. The summed E-state index contributed by atoms with van der Waals surface area (Å²) in [6.07, 6.45) is 4.71. The maximum absolute atomic E-state index is 12.3. The number of esters is 1. The van der Waals surface area contributed by atoms with Gasteiger partial charge in [-0.15, -0.1) is 0 Å². The monoisotopic (exact) mass is 367 g/mol. The molecule has 0 bridgehead atoms. The van der Waals surface area contributed by atoms with Crippen LogP contribution in [0.3, 0.4) is 0 Å². The Balaban J connectivity index is 1.48. The summed E-state index contributed by atoms with van der Waals surface area (Å²) >= 11 is 0. The van der Waals surface area contributed by atoms with E-state index >= 15 is 0 Å². The Morgan fingerprint density at radius 3 is 2.26 bits per heavy atom. The quantitative estimate of drug-likeness (QED) is 0.471. The zero-order chi connectivity index (χ0) is 19.4. The Morgan fingerprint density at radius 2 is 1.70 bits per heavy atom. The van der Waals surface area contributed by atoms with Crippen molar-refractivity contribution in [2.24, 2.45) is 11.8 Å². The Bertz CT molecular complexity index is 827. The predicted octanol–water partition coefficient (Wildman–Crippen LogP) is 0.991. The highest BCUT2D eigenvalue weighted by atomic mass is 16.5. The number of imide groups is 1. The molecule has 1 heterocycles. The fourth-order valence-electron chi connectivity index (χ4n) is 3.17. The van der Waals surface area contributed by atoms with Gasteiger partial charge >= 0.3 is 5.97 Å². The zero-order valence-electron chi connectivity index (χ0n) is 14.4. The minimum atomic E-state index is -0.821. The van der Waals surface area contributed by atoms with E-state index in [0.717, 1.165) is 4.90 Å². The summed E-state index contributed by atoms with van der Waals surface area (Å²) in [6.45, 7) is -1.03. The summed E-state index contributed by atoms with van der Waals surface area (Å²) in [5.74, 6) is -2.94. The van der Waals surface area contributed by atoms with Crippen LogP contribution in [0.1, 0.15) is 18.4 Å². The minimum absolute atomic E-state index is 0.367. The van der Waals surface area contributed by atoms with Crippen LogP contribution in [0.5, 0.6) is 0 Å². The lowest BCUT2D eigenvalue weighted by molar-refractivity contribution is -0.154. The lowest BCUT2D eigenvalue weighted by Crippen LogP contribution is -2.37. The number of carbonyl (C=O) groups excluding carboxylic acids is 4. The molecule has 8 heteroatoms. The molecule has 0 radical (unpaired) electrons. The van der Waals surface area contributed by atoms with Crippen molar-refractivity contribution in [3.05, 3.63) is 42.0 Å². The highest BCUT2D eigenvalue weighted by Gasteiger charge is 2.47. The van der Waals surface area contributed by atoms with Crippen molar-refractivity contribution in [3.63, 3.8) is 0 Å². The number of allylic oxidation sites excluding steroid dienone is 2. The summed E-state index contributed by atoms with van der Waals surface area (Å²) < 4.78 is 4.87. The molecular formula is C19H17N3O5. The van der Waals surface area contributed by atoms with Crippen molar-refractivity contribution < 1.29 is 23.9 Å². The summed E-state index contributed by atoms with van der Waals surface area (Å²) in [7, 11) is 0. The number of nitrogens with one attached hydrogen (secondary N) is 1. The summed E-state index contributed by atoms with van der Waals surface area (Å²) in [4.78, 5) is 49.2. The van der Waals surface area contributed by atoms with E-state index in [1.54, 1.807) is 24.3 Å². The first-order chi connectivity index (χ1) is 13.0. The van der Waals surface area contributed by atoms with Crippen molar-refractivity contribution in [2.45, 2.75) is 12.8 Å². The molecule has 1 fully saturated rings. The minimum Gasteiger partial charge on any atom is -0.454 e. The van der Waals surface area contributed by atoms with Crippen molar-refractivity contribution in [3.8, 4) is 6.07 Å². The number of nitriles is 1. The Kier molecular flexibility index (Phi) is 5.31. The molecule has 3 amide bonds. The molecule has 1 aromatic carbocycles. The van der Waals surface area contributed by atoms with E-state index in [4.69, 9.17) is 10.00 Å². The first kappa shape index (κ1) is 18.3. The molecule has 0 aromatic heterocycles. The standard InChI is InChI=1S/C19H17N3O5/c20-9-12-5-7-13(8-6-12)21-16(23)11-27-17(24)10-22-18(25)14-3-1-2-4-15(14)19(22)26/h1-2,5-8,14-15H,3-4,10-11H2,(H,21,23)/t14-,15+. The largest absolute Gasteiger partial charge is 0.454 e. The second-order valence-corrected chi connectivity index (χ2v) is 6.32. The molecule has 1 aliphatic heterocycles. The van der Waals surface area contributed by atoms with Gasteiger partial charge in [0.05, 0.1) is 23.5 Å². The number of carbonyl (C=O) groups is 4. The van der Waals surface area contributed by atoms with E-state index in [0.29, 0.717) is 24.1 Å². The van der Waals surface area contributed by atoms with Crippen molar-refractivity contribution >= 4 is 29.4 Å². The number of fused-ring (bicyclic) bond motifs is 1. The molecule has 1 aromatic rings. The van der Waals surface area contributed by atoms with Crippen LogP contribution in [-0.2, 0) is 23.9 Å². The molecule has 2 atom stereocenters. The van der Waals surface area contributed by atoms with Crippen LogP contribution in [0, 0.1) is 23.2 Å². The van der Waals surface area contributed by atoms with E-state index < -0.39 is 36.9 Å². The second-order valence-electron chi connectivity index (χ2n) is 6.32. The van der Waals surface area contributed by atoms with E-state index in [1.165, 1.54) is 0 Å². The number of nitrogens with zero attached hydrogens (tertiary/aromatic N) is 2. The molecule has 3 rings (SSSR count). The lowest BCUT2D eigenvalue weighted by Gasteiger charge is -2.14. The molecule has 1 aliphatic carbocycles. The maximum atomic E-state index is 12.3. The SMILES string of the molecule is N#Cc1ccc(NC(=O)COC(=O)CN2C(=O)[C@H]3CC=CC[C@H]3C2=O)cc1. The summed E-state index contributed by atoms with van der Waals surface area (Å²) in [5.41, 5.74) is 0.909. The number of amides is 3. The molecule has 8 nitrogen and oxygen atoms in total. The number of hydrogen-bond acceptors (Lipinski definition) is 6. The predicted molar refractivity (Wildman–Crippen MR) is 92.8 cm³/mol. The van der Waals surface area contributed by atoms with Crippen molar-refractivity contribution in [1.82, 2.24) is 4.90 Å². The van der Waals surface area contributed by atoms with Gasteiger partial charge in [-0.1, -0.05) is 12.2 Å². The van der Waals surface area contributed by atoms with Crippen LogP contribution in [0.25, 0.3) is 0 Å². The fourth-order valence-corrected chi connectivity index (χ4v) is 3.17. The van der Waals surface area contributed by atoms with Gasteiger partial charge in [-0.05, 0) is 37.1 Å². The average molecular weight is 367 g/mol. The summed E-state index contributed by atoms with van der Waals surface area (Å²) in [6, 6.07) is 8.15. The number of anilines is 1. The van der Waals surface area contributed by atoms with Crippen LogP contribution in [0.4, 0.5) is 5.69 Å². The number of rotatable bonds is 5. The van der Waals surface area contributed by atoms with Gasteiger partial charge in [-0.3, -0.25) is 24.1 Å². The van der Waals surface area contributed by atoms with Crippen molar-refractivity contribution in [1.29, 1.82) is 5.26 Å². The van der Waals surface area contributed by atoms with Crippen LogP contribution in [0.15, 0.2) is 36.4 Å². The van der Waals surface area contributed by atoms with Gasteiger partial charge in [0, 0.05) is 5.69 Å². The molecule has 1 saturated heterocycles. The van der Waals surface area contributed by atoms with E-state index in [1.807, 2.05) is 18.2 Å². The Labute approximate surface area is 155 Å². The number of ether oxygens (including phenoxy) is 1. The molecule has 27 heavy (non-hydrogen) atoms. The molecule has 0 saturated carbocycles. The van der Waals surface area contributed by atoms with Gasteiger partial charge in [0.15, 0.2) is 6.61 Å². The van der Waals surface area contributed by atoms with Gasteiger partial charge in [-0.25, -0.2) is 0 Å². The third-order valence-corrected chi connectivity index (χ3v) is 4.55. The van der Waals surface area contributed by atoms with Gasteiger partial charge in [-0.2, -0.15) is 5.26 Å². The topological polar surface area (TPSA) is 117 Å². The first-order valence-corrected chi connectivity index (χ1v) is 8.45. The average Bonchev–Trinajstić information content (AvgIpc) is 2.92. The second kappa shape index (κ2) is 7.83. The molecule has 1 N–H and O–H groups in total. The smallest absolute Gasteiger partial charge is 0.326 e. The summed E-state index contributed by atoms with van der Waals surface area (Å²) in [5, 5.41) is 11.2. The van der Waals surface area contributed by atoms with Gasteiger partial charge in [0.2, 0.25) is 11.8 Å². The lowest BCUT2D eigenvalue weighted by atomic mass is 9.85. The zero-order valence-corrected chi connectivity index (χ0v) is 14.4. The highest BCUT2D eigenvalue weighted by Crippen LogP contribution is 2.34. The van der Waals surface area contributed by atoms with Crippen LogP contribution >= 0.6 is 0 Å². The Morgan fingerprint density at radius 1 is 1.11 bits per heavy atom. The molecule has 138 valence electrons. The fraction of sp³-hybridized carbons (Fsp3) is 0.316. The number of hydrogen-bond donors (Lipinski definition) is 1. The van der Waals surface area contributed by atoms with Crippen LogP contribution in [-0.4, -0.2) is 41.7 Å². The maximum Gasteiger partial charge on any atom is 0.326 e. The van der Waals surface area contributed by atoms with Crippen LogP contribution < -0.4 is 5.32 Å².